The molecule has 0 saturated carbocycles. The number of hydrogen-bond acceptors (Lipinski definition) is 4. The minimum atomic E-state index is -0.335. The van der Waals surface area contributed by atoms with E-state index in [0.29, 0.717) is 18.0 Å². The molecular weight excluding hydrogens is 351 g/mol. The lowest BCUT2D eigenvalue weighted by atomic mass is 10.1. The van der Waals surface area contributed by atoms with Crippen molar-refractivity contribution in [1.29, 1.82) is 0 Å². The molecule has 134 valence electrons. The summed E-state index contributed by atoms with van der Waals surface area (Å²) in [7, 11) is 1.59. The lowest BCUT2D eigenvalue weighted by Crippen LogP contribution is -2.32. The Balaban J connectivity index is 1.85. The van der Waals surface area contributed by atoms with E-state index >= 15 is 0 Å². The van der Waals surface area contributed by atoms with Gasteiger partial charge in [0.2, 0.25) is 5.91 Å². The number of benzene rings is 2. The van der Waals surface area contributed by atoms with Crippen molar-refractivity contribution in [1.82, 2.24) is 4.98 Å². The molecule has 0 aliphatic carbocycles. The zero-order chi connectivity index (χ0) is 18.5. The van der Waals surface area contributed by atoms with Gasteiger partial charge in [-0.25, -0.2) is 9.37 Å². The van der Waals surface area contributed by atoms with Crippen molar-refractivity contribution in [3.8, 4) is 5.75 Å². The summed E-state index contributed by atoms with van der Waals surface area (Å²) in [5.41, 5.74) is 2.32. The summed E-state index contributed by atoms with van der Waals surface area (Å²) in [6.07, 6.45) is 0.220. The van der Waals surface area contributed by atoms with E-state index in [2.05, 4.69) is 4.98 Å². The van der Waals surface area contributed by atoms with Gasteiger partial charge in [0.15, 0.2) is 0 Å². The number of anilines is 1. The summed E-state index contributed by atoms with van der Waals surface area (Å²) in [4.78, 5) is 19.0. The number of ether oxygens (including phenoxy) is 1. The van der Waals surface area contributed by atoms with Gasteiger partial charge in [-0.3, -0.25) is 4.79 Å². The lowest BCUT2D eigenvalue weighted by Gasteiger charge is -2.22. The maximum atomic E-state index is 13.3. The SMILES string of the molecule is COc1cccc(CC(=O)N(Cc2csc(C)n2)c2ccc(F)cc2)c1. The van der Waals surface area contributed by atoms with Gasteiger partial charge in [-0.15, -0.1) is 11.3 Å². The highest BCUT2D eigenvalue weighted by Crippen LogP contribution is 2.21. The summed E-state index contributed by atoms with van der Waals surface area (Å²) in [6, 6.07) is 13.3. The number of thiazole rings is 1. The third-order valence-electron chi connectivity index (χ3n) is 3.92. The molecule has 6 heteroatoms. The first-order valence-corrected chi connectivity index (χ1v) is 9.03. The summed E-state index contributed by atoms with van der Waals surface area (Å²) in [6.45, 7) is 2.27. The molecule has 0 spiro atoms. The van der Waals surface area contributed by atoms with Gasteiger partial charge >= 0.3 is 0 Å². The zero-order valence-electron chi connectivity index (χ0n) is 14.6. The third-order valence-corrected chi connectivity index (χ3v) is 4.74. The van der Waals surface area contributed by atoms with Gasteiger partial charge < -0.3 is 9.64 Å². The molecule has 1 aromatic heterocycles. The monoisotopic (exact) mass is 370 g/mol. The first kappa shape index (κ1) is 18.1. The average molecular weight is 370 g/mol. The Kier molecular flexibility index (Phi) is 5.63. The van der Waals surface area contributed by atoms with Crippen molar-refractivity contribution >= 4 is 22.9 Å². The van der Waals surface area contributed by atoms with Gasteiger partial charge in [0, 0.05) is 11.1 Å². The number of aryl methyl sites for hydroxylation is 1. The van der Waals surface area contributed by atoms with E-state index in [-0.39, 0.29) is 18.1 Å². The standard InChI is InChI=1S/C20H19FN2O2S/c1-14-22-17(13-26-14)12-23(18-8-6-16(21)7-9-18)20(24)11-15-4-3-5-19(10-15)25-2/h3-10,13H,11-12H2,1-2H3. The quantitative estimate of drug-likeness (QED) is 0.647. The molecule has 2 aromatic carbocycles. The van der Waals surface area contributed by atoms with Crippen LogP contribution in [-0.4, -0.2) is 18.0 Å². The van der Waals surface area contributed by atoms with Crippen LogP contribution in [0.5, 0.6) is 5.75 Å². The fraction of sp³-hybridized carbons (Fsp3) is 0.200. The maximum absolute atomic E-state index is 13.3. The summed E-state index contributed by atoms with van der Waals surface area (Å²) in [5, 5.41) is 2.88. The van der Waals surface area contributed by atoms with Crippen molar-refractivity contribution in [2.75, 3.05) is 12.0 Å². The predicted octanol–water partition coefficient (Wildman–Crippen LogP) is 4.38. The van der Waals surface area contributed by atoms with Gasteiger partial charge in [0.25, 0.3) is 0 Å². The smallest absolute Gasteiger partial charge is 0.231 e. The highest BCUT2D eigenvalue weighted by molar-refractivity contribution is 7.09. The first-order chi connectivity index (χ1) is 12.5. The Labute approximate surface area is 155 Å². The first-order valence-electron chi connectivity index (χ1n) is 8.15. The van der Waals surface area contributed by atoms with Crippen LogP contribution in [0, 0.1) is 12.7 Å². The van der Waals surface area contributed by atoms with Crippen molar-refractivity contribution in [2.45, 2.75) is 19.9 Å². The average Bonchev–Trinajstić information content (AvgIpc) is 3.05. The summed E-state index contributed by atoms with van der Waals surface area (Å²) >= 11 is 1.54. The molecule has 0 saturated heterocycles. The Morgan fingerprint density at radius 3 is 2.65 bits per heavy atom. The Morgan fingerprint density at radius 1 is 1.23 bits per heavy atom. The van der Waals surface area contributed by atoms with Crippen molar-refractivity contribution in [3.05, 3.63) is 76.0 Å². The number of halogens is 1. The van der Waals surface area contributed by atoms with Crippen LogP contribution in [0.1, 0.15) is 16.3 Å². The molecule has 1 heterocycles. The van der Waals surface area contributed by atoms with Crippen molar-refractivity contribution in [3.63, 3.8) is 0 Å². The molecule has 0 aliphatic rings. The van der Waals surface area contributed by atoms with Gasteiger partial charge in [0.05, 0.1) is 30.8 Å². The van der Waals surface area contributed by atoms with E-state index in [1.807, 2.05) is 36.6 Å². The van der Waals surface area contributed by atoms with E-state index < -0.39 is 0 Å². The van der Waals surface area contributed by atoms with E-state index in [0.717, 1.165) is 16.3 Å². The number of rotatable bonds is 6. The van der Waals surface area contributed by atoms with Crippen molar-refractivity contribution < 1.29 is 13.9 Å². The zero-order valence-corrected chi connectivity index (χ0v) is 15.4. The molecule has 0 atom stereocenters. The molecule has 3 aromatic rings. The Hall–Kier alpha value is -2.73. The number of carbonyl (C=O) groups is 1. The van der Waals surface area contributed by atoms with Crippen LogP contribution in [0.15, 0.2) is 53.9 Å². The molecule has 1 amide bonds. The molecule has 0 bridgehead atoms. The number of aromatic nitrogens is 1. The van der Waals surface area contributed by atoms with Crippen LogP contribution in [0.2, 0.25) is 0 Å². The van der Waals surface area contributed by atoms with Gasteiger partial charge in [0.1, 0.15) is 11.6 Å². The van der Waals surface area contributed by atoms with Crippen LogP contribution >= 0.6 is 11.3 Å². The molecule has 0 aliphatic heterocycles. The Bertz CT molecular complexity index is 893. The van der Waals surface area contributed by atoms with Gasteiger partial charge in [-0.1, -0.05) is 12.1 Å². The fourth-order valence-corrected chi connectivity index (χ4v) is 3.24. The topological polar surface area (TPSA) is 42.4 Å². The molecule has 0 N–H and O–H groups in total. The number of hydrogen-bond donors (Lipinski definition) is 0. The second-order valence-electron chi connectivity index (χ2n) is 5.84. The van der Waals surface area contributed by atoms with E-state index in [4.69, 9.17) is 4.74 Å². The largest absolute Gasteiger partial charge is 0.497 e. The normalized spacial score (nSPS) is 10.6. The van der Waals surface area contributed by atoms with Crippen LogP contribution in [0.25, 0.3) is 0 Å². The van der Waals surface area contributed by atoms with E-state index in [9.17, 15) is 9.18 Å². The fourth-order valence-electron chi connectivity index (χ4n) is 2.64. The molecule has 26 heavy (non-hydrogen) atoms. The molecule has 3 rings (SSSR count). The molecule has 0 unspecified atom stereocenters. The third kappa shape index (κ3) is 4.46. The molecule has 0 radical (unpaired) electrons. The second kappa shape index (κ2) is 8.10. The highest BCUT2D eigenvalue weighted by atomic mass is 32.1. The minimum Gasteiger partial charge on any atom is -0.497 e. The van der Waals surface area contributed by atoms with E-state index in [1.165, 1.54) is 23.5 Å². The van der Waals surface area contributed by atoms with Crippen LogP contribution in [-0.2, 0) is 17.8 Å². The predicted molar refractivity (Wildman–Crippen MR) is 101 cm³/mol. The van der Waals surface area contributed by atoms with Crippen LogP contribution in [0.4, 0.5) is 10.1 Å². The number of nitrogens with zero attached hydrogens (tertiary/aromatic N) is 2. The van der Waals surface area contributed by atoms with Crippen LogP contribution in [0.3, 0.4) is 0 Å². The second-order valence-corrected chi connectivity index (χ2v) is 6.90. The highest BCUT2D eigenvalue weighted by Gasteiger charge is 2.18. The van der Waals surface area contributed by atoms with Gasteiger partial charge in [-0.05, 0) is 48.9 Å². The van der Waals surface area contributed by atoms with Crippen molar-refractivity contribution in [2.24, 2.45) is 0 Å². The molecular formula is C20H19FN2O2S. The van der Waals surface area contributed by atoms with Gasteiger partial charge in [-0.2, -0.15) is 0 Å². The van der Waals surface area contributed by atoms with Crippen LogP contribution < -0.4 is 9.64 Å². The summed E-state index contributed by atoms with van der Waals surface area (Å²) < 4.78 is 18.5. The molecule has 0 fully saturated rings. The minimum absolute atomic E-state index is 0.0875. The Morgan fingerprint density at radius 2 is 2.00 bits per heavy atom. The number of amides is 1. The maximum Gasteiger partial charge on any atom is 0.231 e. The summed E-state index contributed by atoms with van der Waals surface area (Å²) in [5.74, 6) is 0.285. The number of carbonyl (C=O) groups excluding carboxylic acids is 1. The lowest BCUT2D eigenvalue weighted by molar-refractivity contribution is -0.118. The molecule has 4 nitrogen and oxygen atoms in total. The van der Waals surface area contributed by atoms with E-state index in [1.54, 1.807) is 24.1 Å². The number of methoxy groups -OCH3 is 1.